The molecule has 0 atom stereocenters. The molecule has 0 radical (unpaired) electrons. The molecule has 0 N–H and O–H groups in total. The van der Waals surface area contributed by atoms with Gasteiger partial charge in [0.15, 0.2) is 5.78 Å². The van der Waals surface area contributed by atoms with Gasteiger partial charge >= 0.3 is 11.9 Å². The molecule has 1 rings (SSSR count). The predicted molar refractivity (Wildman–Crippen MR) is 56.6 cm³/mol. The summed E-state index contributed by atoms with van der Waals surface area (Å²) >= 11 is 0.994. The molecule has 16 heavy (non-hydrogen) atoms. The zero-order valence-electron chi connectivity index (χ0n) is 8.81. The summed E-state index contributed by atoms with van der Waals surface area (Å²) in [6.07, 6.45) is -0.322. The molecule has 1 aromatic heterocycles. The number of rotatable bonds is 4. The number of methoxy groups -OCH3 is 2. The van der Waals surface area contributed by atoms with Gasteiger partial charge in [-0.3, -0.25) is 9.59 Å². The van der Waals surface area contributed by atoms with E-state index in [-0.39, 0.29) is 12.2 Å². The molecule has 0 aliphatic carbocycles. The quantitative estimate of drug-likeness (QED) is 0.452. The van der Waals surface area contributed by atoms with E-state index in [4.69, 9.17) is 0 Å². The lowest BCUT2D eigenvalue weighted by Gasteiger charge is -1.96. The summed E-state index contributed by atoms with van der Waals surface area (Å²) in [5, 5.41) is 0. The predicted octanol–water partition coefficient (Wildman–Crippen LogP) is 1.28. The first kappa shape index (κ1) is 12.4. The van der Waals surface area contributed by atoms with Gasteiger partial charge in [-0.1, -0.05) is 0 Å². The third kappa shape index (κ3) is 2.90. The molecule has 0 aliphatic rings. The van der Waals surface area contributed by atoms with Crippen LogP contribution in [0.2, 0.25) is 0 Å². The van der Waals surface area contributed by atoms with Crippen molar-refractivity contribution in [3.05, 3.63) is 21.9 Å². The number of carbonyl (C=O) groups is 3. The second-order valence-corrected chi connectivity index (χ2v) is 3.92. The zero-order valence-corrected chi connectivity index (χ0v) is 9.63. The Labute approximate surface area is 96.0 Å². The maximum Gasteiger partial charge on any atom is 0.348 e. The van der Waals surface area contributed by atoms with E-state index < -0.39 is 11.9 Å². The molecule has 0 saturated heterocycles. The molecule has 86 valence electrons. The van der Waals surface area contributed by atoms with E-state index in [1.54, 1.807) is 0 Å². The van der Waals surface area contributed by atoms with Crippen molar-refractivity contribution in [1.29, 1.82) is 0 Å². The first-order chi connectivity index (χ1) is 7.58. The number of ketones is 1. The standard InChI is InChI=1S/C10H10O5S/c1-14-9(12)5-6(11)7-3-4-8(16-7)10(13)15-2/h3-4H,5H2,1-2H3. The van der Waals surface area contributed by atoms with E-state index in [0.717, 1.165) is 11.3 Å². The lowest BCUT2D eigenvalue weighted by atomic mass is 10.2. The van der Waals surface area contributed by atoms with Gasteiger partial charge < -0.3 is 9.47 Å². The Kier molecular flexibility index (Phi) is 4.19. The highest BCUT2D eigenvalue weighted by molar-refractivity contribution is 7.15. The Hall–Kier alpha value is -1.69. The fraction of sp³-hybridized carbons (Fsp3) is 0.300. The second-order valence-electron chi connectivity index (χ2n) is 2.83. The molecule has 0 amide bonds. The summed E-state index contributed by atoms with van der Waals surface area (Å²) < 4.78 is 8.87. The van der Waals surface area contributed by atoms with Crippen molar-refractivity contribution >= 4 is 29.1 Å². The minimum absolute atomic E-state index is 0.322. The van der Waals surface area contributed by atoms with Crippen molar-refractivity contribution in [2.75, 3.05) is 14.2 Å². The highest BCUT2D eigenvalue weighted by Gasteiger charge is 2.16. The first-order valence-corrected chi connectivity index (χ1v) is 5.18. The average molecular weight is 242 g/mol. The number of thiophene rings is 1. The number of carbonyl (C=O) groups excluding carboxylic acids is 3. The number of Topliss-reactive ketones (excluding diaryl/α,β-unsaturated/α-hetero) is 1. The number of esters is 2. The van der Waals surface area contributed by atoms with E-state index >= 15 is 0 Å². The lowest BCUT2D eigenvalue weighted by Crippen LogP contribution is -2.08. The maximum atomic E-state index is 11.5. The summed E-state index contributed by atoms with van der Waals surface area (Å²) in [4.78, 5) is 34.1. The minimum Gasteiger partial charge on any atom is -0.469 e. The van der Waals surface area contributed by atoms with Crippen molar-refractivity contribution in [2.24, 2.45) is 0 Å². The highest BCUT2D eigenvalue weighted by Crippen LogP contribution is 2.19. The summed E-state index contributed by atoms with van der Waals surface area (Å²) in [6, 6.07) is 2.98. The largest absolute Gasteiger partial charge is 0.469 e. The Morgan fingerprint density at radius 1 is 1.12 bits per heavy atom. The Morgan fingerprint density at radius 2 is 1.75 bits per heavy atom. The number of hydrogen-bond acceptors (Lipinski definition) is 6. The molecule has 0 bridgehead atoms. The van der Waals surface area contributed by atoms with E-state index in [0.29, 0.717) is 9.75 Å². The van der Waals surface area contributed by atoms with Gasteiger partial charge in [0.05, 0.1) is 19.1 Å². The van der Waals surface area contributed by atoms with Gasteiger partial charge in [0.2, 0.25) is 0 Å². The third-order valence-electron chi connectivity index (χ3n) is 1.80. The van der Waals surface area contributed by atoms with E-state index in [1.807, 2.05) is 0 Å². The monoisotopic (exact) mass is 242 g/mol. The van der Waals surface area contributed by atoms with Crippen LogP contribution in [0.15, 0.2) is 12.1 Å². The van der Waals surface area contributed by atoms with Crippen molar-refractivity contribution in [2.45, 2.75) is 6.42 Å². The molecule has 0 aliphatic heterocycles. The SMILES string of the molecule is COC(=O)CC(=O)c1ccc(C(=O)OC)s1. The minimum atomic E-state index is -0.599. The van der Waals surface area contributed by atoms with Crippen LogP contribution in [0.3, 0.4) is 0 Å². The Bertz CT molecular complexity index is 421. The first-order valence-electron chi connectivity index (χ1n) is 4.36. The molecular weight excluding hydrogens is 232 g/mol. The van der Waals surface area contributed by atoms with Crippen molar-refractivity contribution < 1.29 is 23.9 Å². The van der Waals surface area contributed by atoms with Crippen LogP contribution in [0, 0.1) is 0 Å². The fourth-order valence-corrected chi connectivity index (χ4v) is 1.85. The third-order valence-corrected chi connectivity index (χ3v) is 2.91. The average Bonchev–Trinajstić information content (AvgIpc) is 2.77. The molecule has 5 nitrogen and oxygen atoms in total. The summed E-state index contributed by atoms with van der Waals surface area (Å²) in [5.41, 5.74) is 0. The van der Waals surface area contributed by atoms with E-state index in [1.165, 1.54) is 26.4 Å². The molecule has 1 heterocycles. The zero-order chi connectivity index (χ0) is 12.1. The number of ether oxygens (including phenoxy) is 2. The van der Waals surface area contributed by atoms with E-state index in [2.05, 4.69) is 9.47 Å². The van der Waals surface area contributed by atoms with Crippen LogP contribution in [0.25, 0.3) is 0 Å². The summed E-state index contributed by atoms with van der Waals surface area (Å²) in [5.74, 6) is -1.47. The fourth-order valence-electron chi connectivity index (χ4n) is 0.988. The van der Waals surface area contributed by atoms with Crippen LogP contribution in [-0.4, -0.2) is 31.9 Å². The lowest BCUT2D eigenvalue weighted by molar-refractivity contribution is -0.139. The topological polar surface area (TPSA) is 69.7 Å². The summed E-state index contributed by atoms with van der Waals surface area (Å²) in [6.45, 7) is 0. The van der Waals surface area contributed by atoms with Gasteiger partial charge in [0, 0.05) is 0 Å². The second kappa shape index (κ2) is 5.41. The van der Waals surface area contributed by atoms with Crippen LogP contribution in [-0.2, 0) is 14.3 Å². The van der Waals surface area contributed by atoms with Crippen LogP contribution < -0.4 is 0 Å². The van der Waals surface area contributed by atoms with Gasteiger partial charge in [0.25, 0.3) is 0 Å². The number of hydrogen-bond donors (Lipinski definition) is 0. The van der Waals surface area contributed by atoms with Gasteiger partial charge in [-0.25, -0.2) is 4.79 Å². The van der Waals surface area contributed by atoms with Crippen LogP contribution in [0.4, 0.5) is 0 Å². The van der Waals surface area contributed by atoms with Gasteiger partial charge in [-0.2, -0.15) is 0 Å². The van der Waals surface area contributed by atoms with Crippen molar-refractivity contribution in [3.8, 4) is 0 Å². The molecule has 1 aromatic rings. The van der Waals surface area contributed by atoms with Gasteiger partial charge in [-0.05, 0) is 12.1 Å². The maximum absolute atomic E-state index is 11.5. The molecule has 6 heteroatoms. The normalized spacial score (nSPS) is 9.62. The van der Waals surface area contributed by atoms with E-state index in [9.17, 15) is 14.4 Å². The Morgan fingerprint density at radius 3 is 2.31 bits per heavy atom. The van der Waals surface area contributed by atoms with Crippen molar-refractivity contribution in [1.82, 2.24) is 0 Å². The molecule has 0 spiro atoms. The molecular formula is C10H10O5S. The van der Waals surface area contributed by atoms with Crippen LogP contribution in [0.1, 0.15) is 25.8 Å². The molecule has 0 aromatic carbocycles. The highest BCUT2D eigenvalue weighted by atomic mass is 32.1. The Balaban J connectivity index is 2.74. The van der Waals surface area contributed by atoms with Crippen LogP contribution in [0.5, 0.6) is 0 Å². The summed E-state index contributed by atoms with van der Waals surface area (Å²) in [7, 11) is 2.47. The smallest absolute Gasteiger partial charge is 0.348 e. The molecule has 0 unspecified atom stereocenters. The van der Waals surface area contributed by atoms with Crippen LogP contribution >= 0.6 is 11.3 Å². The van der Waals surface area contributed by atoms with Crippen molar-refractivity contribution in [3.63, 3.8) is 0 Å². The molecule has 0 saturated carbocycles. The van der Waals surface area contributed by atoms with Gasteiger partial charge in [-0.15, -0.1) is 11.3 Å². The molecule has 0 fully saturated rings. The van der Waals surface area contributed by atoms with Gasteiger partial charge in [0.1, 0.15) is 11.3 Å².